The standard InChI is InChI=1S/C12H19N3O2S/c1-12(6-3-7-12)15-11-5-4-9(8-10(11)13)18(16,17)14-2/h4-5,8,14-15H,3,6-7,13H2,1-2H3. The summed E-state index contributed by atoms with van der Waals surface area (Å²) >= 11 is 0. The molecule has 0 amide bonds. The lowest BCUT2D eigenvalue weighted by atomic mass is 9.78. The number of sulfonamides is 1. The number of benzene rings is 1. The minimum atomic E-state index is -3.43. The van der Waals surface area contributed by atoms with Crippen molar-refractivity contribution >= 4 is 21.4 Å². The van der Waals surface area contributed by atoms with Crippen LogP contribution in [0.2, 0.25) is 0 Å². The summed E-state index contributed by atoms with van der Waals surface area (Å²) in [6.07, 6.45) is 3.45. The second kappa shape index (κ2) is 4.44. The third kappa shape index (κ3) is 2.44. The molecule has 6 heteroatoms. The molecule has 1 aromatic rings. The normalized spacial score (nSPS) is 18.1. The summed E-state index contributed by atoms with van der Waals surface area (Å²) in [4.78, 5) is 0.187. The molecule has 0 atom stereocenters. The van der Waals surface area contributed by atoms with Crippen molar-refractivity contribution in [2.75, 3.05) is 18.1 Å². The van der Waals surface area contributed by atoms with Crippen LogP contribution in [0.4, 0.5) is 11.4 Å². The van der Waals surface area contributed by atoms with Crippen LogP contribution >= 0.6 is 0 Å². The number of nitrogens with one attached hydrogen (secondary N) is 2. The van der Waals surface area contributed by atoms with E-state index < -0.39 is 10.0 Å². The van der Waals surface area contributed by atoms with E-state index in [-0.39, 0.29) is 10.4 Å². The minimum absolute atomic E-state index is 0.0948. The predicted molar refractivity (Wildman–Crippen MR) is 73.0 cm³/mol. The van der Waals surface area contributed by atoms with Gasteiger partial charge in [-0.15, -0.1) is 0 Å². The van der Waals surface area contributed by atoms with E-state index in [0.29, 0.717) is 5.69 Å². The predicted octanol–water partition coefficient (Wildman–Crippen LogP) is 1.53. The number of nitrogen functional groups attached to an aromatic ring is 1. The van der Waals surface area contributed by atoms with Gasteiger partial charge in [0.2, 0.25) is 10.0 Å². The largest absolute Gasteiger partial charge is 0.397 e. The van der Waals surface area contributed by atoms with Crippen molar-refractivity contribution in [3.05, 3.63) is 18.2 Å². The van der Waals surface area contributed by atoms with Crippen LogP contribution in [0.15, 0.2) is 23.1 Å². The topological polar surface area (TPSA) is 84.2 Å². The number of rotatable bonds is 4. The molecule has 4 N–H and O–H groups in total. The number of anilines is 2. The first kappa shape index (κ1) is 13.2. The van der Waals surface area contributed by atoms with Crippen LogP contribution in [0.25, 0.3) is 0 Å². The molecule has 0 spiro atoms. The van der Waals surface area contributed by atoms with Gasteiger partial charge in [-0.25, -0.2) is 13.1 Å². The van der Waals surface area contributed by atoms with Gasteiger partial charge in [0.25, 0.3) is 0 Å². The lowest BCUT2D eigenvalue weighted by molar-refractivity contribution is 0.307. The maximum atomic E-state index is 11.6. The van der Waals surface area contributed by atoms with Crippen molar-refractivity contribution < 1.29 is 8.42 Å². The quantitative estimate of drug-likeness (QED) is 0.724. The second-order valence-corrected chi connectivity index (χ2v) is 6.88. The molecule has 0 unspecified atom stereocenters. The van der Waals surface area contributed by atoms with Crippen molar-refractivity contribution in [1.29, 1.82) is 0 Å². The zero-order valence-corrected chi connectivity index (χ0v) is 11.5. The second-order valence-electron chi connectivity index (χ2n) is 5.00. The van der Waals surface area contributed by atoms with Crippen molar-refractivity contribution in [3.63, 3.8) is 0 Å². The third-order valence-corrected chi connectivity index (χ3v) is 4.91. The molecule has 1 aromatic carbocycles. The highest BCUT2D eigenvalue weighted by Crippen LogP contribution is 2.36. The molecule has 0 aromatic heterocycles. The van der Waals surface area contributed by atoms with Gasteiger partial charge >= 0.3 is 0 Å². The Kier molecular flexibility index (Phi) is 3.25. The Balaban J connectivity index is 2.25. The van der Waals surface area contributed by atoms with Crippen molar-refractivity contribution in [1.82, 2.24) is 4.72 Å². The average molecular weight is 269 g/mol. The van der Waals surface area contributed by atoms with E-state index in [0.717, 1.165) is 18.5 Å². The van der Waals surface area contributed by atoms with Crippen LogP contribution in [0.3, 0.4) is 0 Å². The maximum absolute atomic E-state index is 11.6. The van der Waals surface area contributed by atoms with Crippen LogP contribution in [0.5, 0.6) is 0 Å². The number of hydrogen-bond donors (Lipinski definition) is 3. The summed E-state index contributed by atoms with van der Waals surface area (Å²) in [5.41, 5.74) is 7.25. The van der Waals surface area contributed by atoms with E-state index in [1.54, 1.807) is 12.1 Å². The SMILES string of the molecule is CNS(=O)(=O)c1ccc(NC2(C)CCC2)c(N)c1. The van der Waals surface area contributed by atoms with Gasteiger partial charge in [0.15, 0.2) is 0 Å². The monoisotopic (exact) mass is 269 g/mol. The summed E-state index contributed by atoms with van der Waals surface area (Å²) in [5, 5.41) is 3.38. The molecule has 100 valence electrons. The van der Waals surface area contributed by atoms with Crippen LogP contribution in [-0.4, -0.2) is 21.0 Å². The molecule has 0 heterocycles. The van der Waals surface area contributed by atoms with E-state index >= 15 is 0 Å². The molecule has 0 saturated heterocycles. The molecular weight excluding hydrogens is 250 g/mol. The Bertz CT molecular complexity index is 550. The lowest BCUT2D eigenvalue weighted by Gasteiger charge is -2.40. The van der Waals surface area contributed by atoms with Crippen LogP contribution in [-0.2, 0) is 10.0 Å². The van der Waals surface area contributed by atoms with Gasteiger partial charge in [-0.2, -0.15) is 0 Å². The van der Waals surface area contributed by atoms with Gasteiger partial charge in [-0.1, -0.05) is 0 Å². The summed E-state index contributed by atoms with van der Waals surface area (Å²) in [6, 6.07) is 4.77. The van der Waals surface area contributed by atoms with E-state index in [1.807, 2.05) is 0 Å². The maximum Gasteiger partial charge on any atom is 0.240 e. The highest BCUT2D eigenvalue weighted by molar-refractivity contribution is 7.89. The van der Waals surface area contributed by atoms with Gasteiger partial charge in [-0.3, -0.25) is 0 Å². The van der Waals surface area contributed by atoms with Crippen LogP contribution in [0.1, 0.15) is 26.2 Å². The van der Waals surface area contributed by atoms with Crippen LogP contribution in [0, 0.1) is 0 Å². The molecule has 1 saturated carbocycles. The molecule has 0 radical (unpaired) electrons. The highest BCUT2D eigenvalue weighted by atomic mass is 32.2. The molecule has 1 fully saturated rings. The highest BCUT2D eigenvalue weighted by Gasteiger charge is 2.31. The summed E-state index contributed by atoms with van der Waals surface area (Å²) < 4.78 is 25.5. The fraction of sp³-hybridized carbons (Fsp3) is 0.500. The lowest BCUT2D eigenvalue weighted by Crippen LogP contribution is -2.41. The van der Waals surface area contributed by atoms with E-state index in [2.05, 4.69) is 17.0 Å². The number of hydrogen-bond acceptors (Lipinski definition) is 4. The summed E-state index contributed by atoms with van der Waals surface area (Å²) in [5.74, 6) is 0. The van der Waals surface area contributed by atoms with Gasteiger partial charge in [0.1, 0.15) is 0 Å². The fourth-order valence-corrected chi connectivity index (χ4v) is 2.86. The van der Waals surface area contributed by atoms with Gasteiger partial charge in [-0.05, 0) is 51.4 Å². The third-order valence-electron chi connectivity index (χ3n) is 3.50. The summed E-state index contributed by atoms with van der Waals surface area (Å²) in [7, 11) is -2.05. The zero-order valence-electron chi connectivity index (χ0n) is 10.7. The Hall–Kier alpha value is -1.27. The number of nitrogens with two attached hydrogens (primary N) is 1. The molecule has 1 aliphatic carbocycles. The van der Waals surface area contributed by atoms with Crippen molar-refractivity contribution in [2.24, 2.45) is 0 Å². The molecule has 1 aliphatic rings. The molecule has 2 rings (SSSR count). The first-order chi connectivity index (χ1) is 8.36. The summed E-state index contributed by atoms with van der Waals surface area (Å²) in [6.45, 7) is 2.15. The first-order valence-corrected chi connectivity index (χ1v) is 7.46. The fourth-order valence-electron chi connectivity index (χ4n) is 2.10. The Morgan fingerprint density at radius 1 is 1.33 bits per heavy atom. The van der Waals surface area contributed by atoms with Crippen LogP contribution < -0.4 is 15.8 Å². The van der Waals surface area contributed by atoms with E-state index in [9.17, 15) is 8.42 Å². The molecule has 0 bridgehead atoms. The van der Waals surface area contributed by atoms with E-state index in [1.165, 1.54) is 19.5 Å². The van der Waals surface area contributed by atoms with Crippen molar-refractivity contribution in [3.8, 4) is 0 Å². The molecule has 0 aliphatic heterocycles. The van der Waals surface area contributed by atoms with Gasteiger partial charge < -0.3 is 11.1 Å². The van der Waals surface area contributed by atoms with Gasteiger partial charge in [0.05, 0.1) is 16.3 Å². The molecular formula is C12H19N3O2S. The Morgan fingerprint density at radius 3 is 2.44 bits per heavy atom. The Morgan fingerprint density at radius 2 is 2.00 bits per heavy atom. The smallest absolute Gasteiger partial charge is 0.240 e. The molecule has 5 nitrogen and oxygen atoms in total. The van der Waals surface area contributed by atoms with Gasteiger partial charge in [0, 0.05) is 5.54 Å². The average Bonchev–Trinajstić information content (AvgIpc) is 2.29. The molecule has 18 heavy (non-hydrogen) atoms. The Labute approximate surface area is 108 Å². The van der Waals surface area contributed by atoms with E-state index in [4.69, 9.17) is 5.73 Å². The zero-order chi connectivity index (χ0) is 13.4. The minimum Gasteiger partial charge on any atom is -0.397 e. The first-order valence-electron chi connectivity index (χ1n) is 5.98. The van der Waals surface area contributed by atoms with Crippen molar-refractivity contribution in [2.45, 2.75) is 36.6 Å².